The molecule has 1 nitrogen and oxygen atoms in total. The quantitative estimate of drug-likeness (QED) is 0.149. The average molecular weight is 772 g/mol. The Hall–Kier alpha value is -7.74. The van der Waals surface area contributed by atoms with Crippen LogP contribution in [0, 0.1) is 0 Å². The summed E-state index contributed by atoms with van der Waals surface area (Å²) in [7, 11) is 0. The number of benzene rings is 10. The van der Waals surface area contributed by atoms with Crippen LogP contribution in [0.1, 0.15) is 33.2 Å². The summed E-state index contributed by atoms with van der Waals surface area (Å²) in [6.07, 6.45) is 0. The van der Waals surface area contributed by atoms with Crippen molar-refractivity contribution in [3.63, 3.8) is 0 Å². The van der Waals surface area contributed by atoms with Crippen molar-refractivity contribution < 1.29 is 11.0 Å². The van der Waals surface area contributed by atoms with Crippen LogP contribution in [0.2, 0.25) is 0 Å². The SMILES string of the molecule is [2H]c1c([2H])c(-c2cccc3ccccc23)c([2H])c(N(c2cccc3c2-c2ccccc2C3(c2ccccc2)c2ccccc2)c2c([2H])c([2H])c(-c3ccc(-c4ccccc4)cc3)c([2H])c2[2H])c1[2H]. The van der Waals surface area contributed by atoms with E-state index in [4.69, 9.17) is 0 Å². The molecule has 11 rings (SSSR count). The van der Waals surface area contributed by atoms with Gasteiger partial charge in [0, 0.05) is 16.9 Å². The number of rotatable bonds is 8. The van der Waals surface area contributed by atoms with Crippen LogP contribution in [0.25, 0.3) is 55.3 Å². The molecule has 1 aliphatic rings. The van der Waals surface area contributed by atoms with E-state index < -0.39 is 17.5 Å². The van der Waals surface area contributed by atoms with Gasteiger partial charge in [-0.25, -0.2) is 0 Å². The third-order valence-electron chi connectivity index (χ3n) is 11.7. The molecule has 0 aromatic heterocycles. The summed E-state index contributed by atoms with van der Waals surface area (Å²) < 4.78 is 78.0. The molecule has 1 aliphatic carbocycles. The van der Waals surface area contributed by atoms with Gasteiger partial charge in [0.2, 0.25) is 0 Å². The Balaban J connectivity index is 1.25. The molecule has 0 fully saturated rings. The lowest BCUT2D eigenvalue weighted by atomic mass is 9.68. The molecular weight excluding hydrogens is 723 g/mol. The van der Waals surface area contributed by atoms with Crippen molar-refractivity contribution in [2.45, 2.75) is 5.41 Å². The fourth-order valence-corrected chi connectivity index (χ4v) is 9.06. The summed E-state index contributed by atoms with van der Waals surface area (Å²) in [5, 5.41) is 1.62. The zero-order valence-electron chi connectivity index (χ0n) is 40.5. The Morgan fingerprint density at radius 3 is 1.65 bits per heavy atom. The lowest BCUT2D eigenvalue weighted by molar-refractivity contribution is 0.768. The van der Waals surface area contributed by atoms with Crippen molar-refractivity contribution in [1.82, 2.24) is 0 Å². The summed E-state index contributed by atoms with van der Waals surface area (Å²) in [4.78, 5) is 1.50. The molecule has 1 heteroatoms. The Labute approximate surface area is 363 Å². The van der Waals surface area contributed by atoms with Crippen LogP contribution in [-0.4, -0.2) is 0 Å². The van der Waals surface area contributed by atoms with E-state index >= 15 is 0 Å². The number of anilines is 3. The summed E-state index contributed by atoms with van der Waals surface area (Å²) in [5.74, 6) is 0. The molecule has 0 aliphatic heterocycles. The molecule has 0 radical (unpaired) electrons. The maximum absolute atomic E-state index is 10.2. The predicted octanol–water partition coefficient (Wildman–Crippen LogP) is 15.7. The molecule has 0 saturated carbocycles. The lowest BCUT2D eigenvalue weighted by Gasteiger charge is -2.34. The molecule has 0 amide bonds. The van der Waals surface area contributed by atoms with Gasteiger partial charge in [0.1, 0.15) is 0 Å². The van der Waals surface area contributed by atoms with E-state index in [0.29, 0.717) is 22.4 Å². The predicted molar refractivity (Wildman–Crippen MR) is 252 cm³/mol. The van der Waals surface area contributed by atoms with Crippen LogP contribution < -0.4 is 4.90 Å². The largest absolute Gasteiger partial charge is 0.310 e. The fraction of sp³-hybridized carbons (Fsp3) is 0.0169. The molecule has 10 aromatic rings. The van der Waals surface area contributed by atoms with E-state index in [1.54, 1.807) is 12.1 Å². The third kappa shape index (κ3) is 5.86. The summed E-state index contributed by atoms with van der Waals surface area (Å²) >= 11 is 0. The number of hydrogen-bond donors (Lipinski definition) is 0. The Bertz CT molecular complexity index is 3520. The molecule has 60 heavy (non-hydrogen) atoms. The van der Waals surface area contributed by atoms with Gasteiger partial charge in [-0.3, -0.25) is 0 Å². The highest BCUT2D eigenvalue weighted by atomic mass is 15.1. The number of nitrogens with zero attached hydrogens (tertiary/aromatic N) is 1. The van der Waals surface area contributed by atoms with Crippen molar-refractivity contribution in [2.75, 3.05) is 4.90 Å². The fourth-order valence-electron chi connectivity index (χ4n) is 9.06. The molecule has 0 atom stereocenters. The van der Waals surface area contributed by atoms with Crippen LogP contribution in [0.15, 0.2) is 249 Å². The van der Waals surface area contributed by atoms with E-state index in [-0.39, 0.29) is 58.8 Å². The Morgan fingerprint density at radius 2 is 0.917 bits per heavy atom. The van der Waals surface area contributed by atoms with E-state index in [1.807, 2.05) is 152 Å². The molecule has 0 heterocycles. The van der Waals surface area contributed by atoms with E-state index in [0.717, 1.165) is 49.7 Å². The van der Waals surface area contributed by atoms with Gasteiger partial charge in [0.15, 0.2) is 0 Å². The first-order valence-electron chi connectivity index (χ1n) is 24.1. The highest BCUT2D eigenvalue weighted by Crippen LogP contribution is 2.59. The van der Waals surface area contributed by atoms with Crippen LogP contribution >= 0.6 is 0 Å². The zero-order chi connectivity index (χ0) is 46.8. The second kappa shape index (κ2) is 14.9. The van der Waals surface area contributed by atoms with Gasteiger partial charge < -0.3 is 4.90 Å². The molecule has 0 spiro atoms. The van der Waals surface area contributed by atoms with E-state index in [1.165, 1.54) is 4.90 Å². The molecule has 0 bridgehead atoms. The minimum Gasteiger partial charge on any atom is -0.310 e. The van der Waals surface area contributed by atoms with Gasteiger partial charge in [-0.1, -0.05) is 218 Å². The minimum absolute atomic E-state index is 0.107. The van der Waals surface area contributed by atoms with Crippen LogP contribution in [0.3, 0.4) is 0 Å². The topological polar surface area (TPSA) is 3.24 Å². The zero-order valence-corrected chi connectivity index (χ0v) is 32.5. The number of fused-ring (bicyclic) bond motifs is 4. The van der Waals surface area contributed by atoms with Crippen molar-refractivity contribution in [3.8, 4) is 44.5 Å². The van der Waals surface area contributed by atoms with Crippen molar-refractivity contribution in [3.05, 3.63) is 271 Å². The molecule has 282 valence electrons. The van der Waals surface area contributed by atoms with Crippen molar-refractivity contribution >= 4 is 27.8 Å². The van der Waals surface area contributed by atoms with Gasteiger partial charge in [-0.05, 0) is 102 Å². The standard InChI is InChI=1S/C59H41N/c1-4-17-42(18-5-1)43-33-35-44(36-34-43)45-37-39-50(40-38-45)60(51-26-14-21-47(41-51)53-29-15-20-46-19-10-11-27-52(46)53)57-32-16-31-56-58(57)54-28-12-13-30-55(54)59(56,48-22-6-2-7-23-48)49-24-8-3-9-25-49/h1-41H/i14D,21D,26D,37D,38D,39D,40D,41D. The van der Waals surface area contributed by atoms with E-state index in [2.05, 4.69) is 36.4 Å². The second-order valence-corrected chi connectivity index (χ2v) is 15.0. The van der Waals surface area contributed by atoms with Crippen LogP contribution in [-0.2, 0) is 5.41 Å². The first kappa shape index (κ1) is 27.8. The minimum atomic E-state index is -0.867. The average Bonchev–Trinajstić information content (AvgIpc) is 3.69. The first-order chi connectivity index (χ1) is 33.1. The molecule has 10 aromatic carbocycles. The molecular formula is C59H41N. The maximum Gasteiger partial charge on any atom is 0.0714 e. The molecule has 0 saturated heterocycles. The number of hydrogen-bond acceptors (Lipinski definition) is 1. The monoisotopic (exact) mass is 771 g/mol. The van der Waals surface area contributed by atoms with Gasteiger partial charge in [-0.15, -0.1) is 0 Å². The normalized spacial score (nSPS) is 14.3. The van der Waals surface area contributed by atoms with Gasteiger partial charge in [0.25, 0.3) is 0 Å². The first-order valence-corrected chi connectivity index (χ1v) is 20.1. The third-order valence-corrected chi connectivity index (χ3v) is 11.7. The van der Waals surface area contributed by atoms with E-state index in [9.17, 15) is 11.0 Å². The molecule has 0 N–H and O–H groups in total. The summed E-state index contributed by atoms with van der Waals surface area (Å²) in [5.41, 5.74) is 7.79. The van der Waals surface area contributed by atoms with Gasteiger partial charge in [0.05, 0.1) is 22.1 Å². The lowest BCUT2D eigenvalue weighted by Crippen LogP contribution is -2.28. The van der Waals surface area contributed by atoms with Crippen LogP contribution in [0.4, 0.5) is 17.1 Å². The summed E-state index contributed by atoms with van der Waals surface area (Å²) in [6, 6.07) is 62.0. The Morgan fingerprint density at radius 1 is 0.367 bits per heavy atom. The van der Waals surface area contributed by atoms with Crippen LogP contribution in [0.5, 0.6) is 0 Å². The highest BCUT2D eigenvalue weighted by molar-refractivity contribution is 6.00. The van der Waals surface area contributed by atoms with Crippen molar-refractivity contribution in [1.29, 1.82) is 0 Å². The van der Waals surface area contributed by atoms with Crippen molar-refractivity contribution in [2.24, 2.45) is 0 Å². The second-order valence-electron chi connectivity index (χ2n) is 15.0. The highest BCUT2D eigenvalue weighted by Gasteiger charge is 2.47. The maximum atomic E-state index is 10.2. The summed E-state index contributed by atoms with van der Waals surface area (Å²) in [6.45, 7) is 0. The molecule has 0 unspecified atom stereocenters. The van der Waals surface area contributed by atoms with Gasteiger partial charge >= 0.3 is 0 Å². The Kier molecular flexibility index (Phi) is 6.90. The van der Waals surface area contributed by atoms with Gasteiger partial charge in [-0.2, -0.15) is 0 Å². The smallest absolute Gasteiger partial charge is 0.0714 e.